The number of nitrogens with one attached hydrogen (secondary N) is 1. The van der Waals surface area contributed by atoms with Crippen molar-refractivity contribution in [3.63, 3.8) is 0 Å². The molecule has 0 radical (unpaired) electrons. The fourth-order valence-corrected chi connectivity index (χ4v) is 3.94. The van der Waals surface area contributed by atoms with Crippen LogP contribution in [-0.4, -0.2) is 10.9 Å². The third kappa shape index (κ3) is 3.51. The van der Waals surface area contributed by atoms with E-state index in [0.29, 0.717) is 9.90 Å². The summed E-state index contributed by atoms with van der Waals surface area (Å²) in [5.74, 6) is -0.171. The molecule has 128 valence electrons. The molecule has 3 nitrogen and oxygen atoms in total. The van der Waals surface area contributed by atoms with Crippen LogP contribution in [0.5, 0.6) is 0 Å². The average molecular weight is 444 g/mol. The van der Waals surface area contributed by atoms with Crippen LogP contribution in [0.3, 0.4) is 0 Å². The number of halogens is 2. The van der Waals surface area contributed by atoms with Gasteiger partial charge in [-0.1, -0.05) is 45.7 Å². The molecule has 2 heterocycles. The number of anilines is 1. The second-order valence-corrected chi connectivity index (χ2v) is 8.27. The Hall–Kier alpha value is -2.21. The van der Waals surface area contributed by atoms with Gasteiger partial charge in [0.15, 0.2) is 0 Å². The number of fused-ring (bicyclic) bond motifs is 1. The summed E-state index contributed by atoms with van der Waals surface area (Å²) in [4.78, 5) is 18.5. The Bertz CT molecular complexity index is 1110. The minimum absolute atomic E-state index is 0.171. The van der Waals surface area contributed by atoms with E-state index in [4.69, 9.17) is 11.6 Å². The number of amides is 1. The highest BCUT2D eigenvalue weighted by Crippen LogP contribution is 2.32. The van der Waals surface area contributed by atoms with Gasteiger partial charge in [0.25, 0.3) is 5.91 Å². The number of nitrogens with zero attached hydrogens (tertiary/aromatic N) is 1. The maximum atomic E-state index is 12.9. The highest BCUT2D eigenvalue weighted by molar-refractivity contribution is 9.10. The molecule has 0 saturated heterocycles. The van der Waals surface area contributed by atoms with Crippen LogP contribution in [0.4, 0.5) is 5.69 Å². The summed E-state index contributed by atoms with van der Waals surface area (Å²) in [6.07, 6.45) is 0. The molecule has 2 aromatic heterocycles. The van der Waals surface area contributed by atoms with E-state index in [-0.39, 0.29) is 5.91 Å². The molecular formula is C20H12BrClN2OS. The summed E-state index contributed by atoms with van der Waals surface area (Å²) in [5, 5.41) is 3.76. The third-order valence-corrected chi connectivity index (χ3v) is 5.67. The molecule has 0 atom stereocenters. The van der Waals surface area contributed by atoms with E-state index in [1.807, 2.05) is 66.7 Å². The second kappa shape index (κ2) is 7.19. The summed E-state index contributed by atoms with van der Waals surface area (Å²) >= 11 is 10.9. The summed E-state index contributed by atoms with van der Waals surface area (Å²) in [6, 6.07) is 20.7. The molecule has 0 aliphatic heterocycles. The maximum absolute atomic E-state index is 12.9. The van der Waals surface area contributed by atoms with Gasteiger partial charge in [0, 0.05) is 15.5 Å². The van der Waals surface area contributed by atoms with E-state index in [2.05, 4.69) is 26.2 Å². The van der Waals surface area contributed by atoms with Crippen LogP contribution in [-0.2, 0) is 0 Å². The van der Waals surface area contributed by atoms with Crippen molar-refractivity contribution >= 4 is 61.4 Å². The Balaban J connectivity index is 1.79. The SMILES string of the molecule is O=C(Nc1ccc(Br)cc1)c1cc(-c2ccc(Cl)s2)nc2ccccc12. The van der Waals surface area contributed by atoms with Crippen molar-refractivity contribution in [1.82, 2.24) is 4.98 Å². The highest BCUT2D eigenvalue weighted by atomic mass is 79.9. The molecule has 0 fully saturated rings. The fraction of sp³-hybridized carbons (Fsp3) is 0. The van der Waals surface area contributed by atoms with Crippen molar-refractivity contribution < 1.29 is 4.79 Å². The molecule has 0 aliphatic carbocycles. The zero-order valence-electron chi connectivity index (χ0n) is 13.4. The predicted octanol–water partition coefficient (Wildman–Crippen LogP) is 6.63. The molecule has 0 bridgehead atoms. The number of para-hydroxylation sites is 1. The van der Waals surface area contributed by atoms with Crippen LogP contribution in [0.1, 0.15) is 10.4 Å². The number of pyridine rings is 1. The molecule has 0 spiro atoms. The lowest BCUT2D eigenvalue weighted by molar-refractivity contribution is 0.102. The predicted molar refractivity (Wildman–Crippen MR) is 112 cm³/mol. The molecule has 4 aromatic rings. The van der Waals surface area contributed by atoms with Gasteiger partial charge < -0.3 is 5.32 Å². The van der Waals surface area contributed by atoms with Crippen LogP contribution in [0.15, 0.2) is 71.2 Å². The minimum atomic E-state index is -0.171. The number of hydrogen-bond donors (Lipinski definition) is 1. The standard InChI is InChI=1S/C20H12BrClN2OS/c21-12-5-7-13(8-6-12)23-20(25)15-11-17(18-9-10-19(22)26-18)24-16-4-2-1-3-14(15)16/h1-11H,(H,23,25). The second-order valence-electron chi connectivity index (χ2n) is 5.64. The molecule has 0 aliphatic rings. The van der Waals surface area contributed by atoms with Gasteiger partial charge in [-0.15, -0.1) is 11.3 Å². The van der Waals surface area contributed by atoms with Gasteiger partial charge in [0.05, 0.1) is 26.0 Å². The van der Waals surface area contributed by atoms with Crippen LogP contribution >= 0.6 is 38.9 Å². The summed E-state index contributed by atoms with van der Waals surface area (Å²) < 4.78 is 1.65. The number of benzene rings is 2. The van der Waals surface area contributed by atoms with Crippen molar-refractivity contribution in [2.75, 3.05) is 5.32 Å². The van der Waals surface area contributed by atoms with Gasteiger partial charge in [0.2, 0.25) is 0 Å². The molecule has 2 aromatic carbocycles. The number of thiophene rings is 1. The van der Waals surface area contributed by atoms with E-state index in [1.54, 1.807) is 0 Å². The van der Waals surface area contributed by atoms with Gasteiger partial charge in [-0.2, -0.15) is 0 Å². The summed E-state index contributed by atoms with van der Waals surface area (Å²) in [7, 11) is 0. The first-order valence-electron chi connectivity index (χ1n) is 7.82. The monoisotopic (exact) mass is 442 g/mol. The highest BCUT2D eigenvalue weighted by Gasteiger charge is 2.15. The van der Waals surface area contributed by atoms with E-state index in [9.17, 15) is 4.79 Å². The Labute approximate surface area is 167 Å². The van der Waals surface area contributed by atoms with Gasteiger partial charge in [-0.3, -0.25) is 4.79 Å². The third-order valence-electron chi connectivity index (χ3n) is 3.89. The van der Waals surface area contributed by atoms with E-state index in [1.165, 1.54) is 11.3 Å². The van der Waals surface area contributed by atoms with Gasteiger partial charge >= 0.3 is 0 Å². The Kier molecular flexibility index (Phi) is 4.76. The molecular weight excluding hydrogens is 432 g/mol. The Morgan fingerprint density at radius 3 is 2.54 bits per heavy atom. The maximum Gasteiger partial charge on any atom is 0.256 e. The number of carbonyl (C=O) groups is 1. The normalized spacial score (nSPS) is 10.8. The van der Waals surface area contributed by atoms with Crippen LogP contribution in [0, 0.1) is 0 Å². The first-order valence-corrected chi connectivity index (χ1v) is 9.81. The molecule has 1 N–H and O–H groups in total. The van der Waals surface area contributed by atoms with Gasteiger partial charge in [-0.05, 0) is 48.5 Å². The number of aromatic nitrogens is 1. The summed E-state index contributed by atoms with van der Waals surface area (Å²) in [6.45, 7) is 0. The lowest BCUT2D eigenvalue weighted by Crippen LogP contribution is -2.13. The van der Waals surface area contributed by atoms with E-state index >= 15 is 0 Å². The summed E-state index contributed by atoms with van der Waals surface area (Å²) in [5.41, 5.74) is 2.83. The quantitative estimate of drug-likeness (QED) is 0.386. The first kappa shape index (κ1) is 17.2. The van der Waals surface area contributed by atoms with Gasteiger partial charge in [0.1, 0.15) is 0 Å². The Morgan fingerprint density at radius 1 is 1.04 bits per heavy atom. The van der Waals surface area contributed by atoms with Crippen LogP contribution in [0.2, 0.25) is 4.34 Å². The molecule has 0 unspecified atom stereocenters. The van der Waals surface area contributed by atoms with E-state index < -0.39 is 0 Å². The van der Waals surface area contributed by atoms with E-state index in [0.717, 1.165) is 31.6 Å². The number of hydrogen-bond acceptors (Lipinski definition) is 3. The minimum Gasteiger partial charge on any atom is -0.322 e. The fourth-order valence-electron chi connectivity index (χ4n) is 2.67. The van der Waals surface area contributed by atoms with Crippen LogP contribution in [0.25, 0.3) is 21.5 Å². The van der Waals surface area contributed by atoms with Crippen LogP contribution < -0.4 is 5.32 Å². The average Bonchev–Trinajstić information content (AvgIpc) is 3.09. The lowest BCUT2D eigenvalue weighted by atomic mass is 10.1. The largest absolute Gasteiger partial charge is 0.322 e. The molecule has 1 amide bonds. The molecule has 6 heteroatoms. The number of rotatable bonds is 3. The van der Waals surface area contributed by atoms with Crippen molar-refractivity contribution in [3.05, 3.63) is 81.1 Å². The first-order chi connectivity index (χ1) is 12.6. The zero-order chi connectivity index (χ0) is 18.1. The Morgan fingerprint density at radius 2 is 1.81 bits per heavy atom. The smallest absolute Gasteiger partial charge is 0.256 e. The van der Waals surface area contributed by atoms with Crippen molar-refractivity contribution in [2.24, 2.45) is 0 Å². The molecule has 0 saturated carbocycles. The molecule has 4 rings (SSSR count). The number of carbonyl (C=O) groups excluding carboxylic acids is 1. The zero-order valence-corrected chi connectivity index (χ0v) is 16.5. The molecule has 26 heavy (non-hydrogen) atoms. The lowest BCUT2D eigenvalue weighted by Gasteiger charge is -2.10. The topological polar surface area (TPSA) is 42.0 Å². The van der Waals surface area contributed by atoms with Gasteiger partial charge in [-0.25, -0.2) is 4.98 Å². The van der Waals surface area contributed by atoms with Crippen molar-refractivity contribution in [2.45, 2.75) is 0 Å². The van der Waals surface area contributed by atoms with Crippen molar-refractivity contribution in [1.29, 1.82) is 0 Å². The van der Waals surface area contributed by atoms with Crippen molar-refractivity contribution in [3.8, 4) is 10.6 Å².